The van der Waals surface area contributed by atoms with E-state index < -0.39 is 5.97 Å². The SMILES string of the molecule is O=C(O)C1=C(CCO)S[C@@H]2CC(=O)N12. The van der Waals surface area contributed by atoms with Gasteiger partial charge in [0.25, 0.3) is 0 Å². The normalized spacial score (nSPS) is 25.1. The summed E-state index contributed by atoms with van der Waals surface area (Å²) in [7, 11) is 0. The minimum absolute atomic E-state index is 0.0462. The number of aliphatic hydroxyl groups is 1. The average molecular weight is 215 g/mol. The molecule has 2 rings (SSSR count). The Morgan fingerprint density at radius 3 is 2.86 bits per heavy atom. The maximum atomic E-state index is 11.1. The van der Waals surface area contributed by atoms with Crippen LogP contribution < -0.4 is 0 Å². The molecule has 0 aromatic carbocycles. The van der Waals surface area contributed by atoms with Crippen LogP contribution in [-0.4, -0.2) is 39.0 Å². The summed E-state index contributed by atoms with van der Waals surface area (Å²) in [5, 5.41) is 17.6. The van der Waals surface area contributed by atoms with E-state index in [0.29, 0.717) is 17.7 Å². The molecule has 2 N–H and O–H groups in total. The highest BCUT2D eigenvalue weighted by Gasteiger charge is 2.47. The summed E-state index contributed by atoms with van der Waals surface area (Å²) >= 11 is 1.37. The molecule has 0 unspecified atom stereocenters. The van der Waals surface area contributed by atoms with E-state index in [2.05, 4.69) is 0 Å². The van der Waals surface area contributed by atoms with Gasteiger partial charge >= 0.3 is 5.97 Å². The van der Waals surface area contributed by atoms with Crippen LogP contribution in [0.15, 0.2) is 10.6 Å². The summed E-state index contributed by atoms with van der Waals surface area (Å²) in [6, 6.07) is 0. The number of rotatable bonds is 3. The number of amides is 1. The predicted octanol–water partition coefficient (Wildman–Crippen LogP) is -0.0298. The molecular weight excluding hydrogens is 206 g/mol. The summed E-state index contributed by atoms with van der Waals surface area (Å²) in [5.41, 5.74) is 0.0605. The smallest absolute Gasteiger partial charge is 0.353 e. The lowest BCUT2D eigenvalue weighted by molar-refractivity contribution is -0.145. The lowest BCUT2D eigenvalue weighted by Gasteiger charge is -2.33. The van der Waals surface area contributed by atoms with Crippen LogP contribution in [0, 0.1) is 0 Å². The molecule has 2 aliphatic rings. The van der Waals surface area contributed by atoms with E-state index in [9.17, 15) is 9.59 Å². The molecule has 5 nitrogen and oxygen atoms in total. The van der Waals surface area contributed by atoms with E-state index in [0.717, 1.165) is 0 Å². The van der Waals surface area contributed by atoms with Crippen LogP contribution >= 0.6 is 11.8 Å². The predicted molar refractivity (Wildman–Crippen MR) is 49.2 cm³/mol. The minimum atomic E-state index is -1.09. The molecular formula is C8H9NO4S. The Morgan fingerprint density at radius 1 is 1.64 bits per heavy atom. The molecule has 1 atom stereocenters. The number of carboxylic acid groups (broad SMARTS) is 1. The molecule has 14 heavy (non-hydrogen) atoms. The van der Waals surface area contributed by atoms with Crippen LogP contribution in [0.5, 0.6) is 0 Å². The van der Waals surface area contributed by atoms with E-state index in [4.69, 9.17) is 10.2 Å². The molecule has 6 heteroatoms. The number of carbonyl (C=O) groups excluding carboxylic acids is 1. The van der Waals surface area contributed by atoms with Gasteiger partial charge in [-0.25, -0.2) is 4.79 Å². The number of thioether (sulfide) groups is 1. The summed E-state index contributed by atoms with van der Waals surface area (Å²) in [4.78, 5) is 23.9. The van der Waals surface area contributed by atoms with Crippen LogP contribution in [0.2, 0.25) is 0 Å². The standard InChI is InChI=1S/C8H9NO4S/c10-2-1-4-7(8(12)13)9-5(11)3-6(9)14-4/h6,10H,1-3H2,(H,12,13)/t6-/m1/s1. The van der Waals surface area contributed by atoms with Crippen LogP contribution in [0.3, 0.4) is 0 Å². The number of nitrogens with zero attached hydrogens (tertiary/aromatic N) is 1. The maximum absolute atomic E-state index is 11.1. The van der Waals surface area contributed by atoms with Crippen molar-refractivity contribution in [1.29, 1.82) is 0 Å². The van der Waals surface area contributed by atoms with Crippen LogP contribution in [0.1, 0.15) is 12.8 Å². The van der Waals surface area contributed by atoms with Crippen molar-refractivity contribution < 1.29 is 19.8 Å². The van der Waals surface area contributed by atoms with Gasteiger partial charge in [0.05, 0.1) is 11.8 Å². The first-order valence-electron chi connectivity index (χ1n) is 4.21. The minimum Gasteiger partial charge on any atom is -0.477 e. The zero-order valence-corrected chi connectivity index (χ0v) is 8.08. The fourth-order valence-electron chi connectivity index (χ4n) is 1.61. The number of β-lactam (4-membered cyclic amide) rings is 1. The Labute approximate surface area is 84.4 Å². The zero-order chi connectivity index (χ0) is 10.3. The molecule has 1 amide bonds. The van der Waals surface area contributed by atoms with Crippen LogP contribution in [0.4, 0.5) is 0 Å². The van der Waals surface area contributed by atoms with E-state index in [1.54, 1.807) is 0 Å². The topological polar surface area (TPSA) is 77.8 Å². The number of fused-ring (bicyclic) bond motifs is 1. The number of aliphatic carboxylic acids is 1. The van der Waals surface area contributed by atoms with Crippen molar-refractivity contribution in [2.24, 2.45) is 0 Å². The third-order valence-corrected chi connectivity index (χ3v) is 3.56. The lowest BCUT2D eigenvalue weighted by atomic mass is 10.1. The van der Waals surface area contributed by atoms with Gasteiger partial charge in [-0.05, 0) is 0 Å². The fourth-order valence-corrected chi connectivity index (χ4v) is 2.99. The number of hydrogen-bond acceptors (Lipinski definition) is 4. The van der Waals surface area contributed by atoms with Gasteiger partial charge in [-0.15, -0.1) is 11.8 Å². The molecule has 0 bridgehead atoms. The third kappa shape index (κ3) is 1.22. The molecule has 2 aliphatic heterocycles. The molecule has 76 valence electrons. The lowest BCUT2D eigenvalue weighted by Crippen LogP contribution is -2.48. The summed E-state index contributed by atoms with van der Waals surface area (Å²) in [5.74, 6) is -1.23. The molecule has 0 radical (unpaired) electrons. The highest BCUT2D eigenvalue weighted by Crippen LogP contribution is 2.46. The van der Waals surface area contributed by atoms with Crippen molar-refractivity contribution in [1.82, 2.24) is 4.90 Å². The Bertz CT molecular complexity index is 338. The summed E-state index contributed by atoms with van der Waals surface area (Å²) in [6.07, 6.45) is 0.711. The van der Waals surface area contributed by atoms with Gasteiger partial charge in [0.15, 0.2) is 0 Å². The van der Waals surface area contributed by atoms with E-state index in [-0.39, 0.29) is 23.6 Å². The van der Waals surface area contributed by atoms with Gasteiger partial charge in [-0.1, -0.05) is 0 Å². The summed E-state index contributed by atoms with van der Waals surface area (Å²) in [6.45, 7) is -0.0894. The Kier molecular flexibility index (Phi) is 2.24. The third-order valence-electron chi connectivity index (χ3n) is 2.23. The van der Waals surface area contributed by atoms with Gasteiger partial charge in [0, 0.05) is 17.9 Å². The van der Waals surface area contributed by atoms with Gasteiger partial charge in [0.2, 0.25) is 5.91 Å². The van der Waals surface area contributed by atoms with Gasteiger partial charge in [0.1, 0.15) is 5.70 Å². The molecule has 2 heterocycles. The van der Waals surface area contributed by atoms with Gasteiger partial charge in [-0.3, -0.25) is 9.69 Å². The van der Waals surface area contributed by atoms with Gasteiger partial charge in [-0.2, -0.15) is 0 Å². The second kappa shape index (κ2) is 3.29. The molecule has 0 aliphatic carbocycles. The van der Waals surface area contributed by atoms with E-state index in [1.165, 1.54) is 16.7 Å². The second-order valence-electron chi connectivity index (χ2n) is 3.09. The van der Waals surface area contributed by atoms with E-state index in [1.807, 2.05) is 0 Å². The molecule has 1 fully saturated rings. The number of aliphatic hydroxyl groups excluding tert-OH is 1. The van der Waals surface area contributed by atoms with Crippen LogP contribution in [-0.2, 0) is 9.59 Å². The number of carbonyl (C=O) groups is 2. The highest BCUT2D eigenvalue weighted by atomic mass is 32.2. The largest absolute Gasteiger partial charge is 0.477 e. The number of hydrogen-bond donors (Lipinski definition) is 2. The molecule has 0 spiro atoms. The van der Waals surface area contributed by atoms with Crippen molar-refractivity contribution in [2.75, 3.05) is 6.61 Å². The van der Waals surface area contributed by atoms with Gasteiger partial charge < -0.3 is 10.2 Å². The van der Waals surface area contributed by atoms with Crippen LogP contribution in [0.25, 0.3) is 0 Å². The first kappa shape index (κ1) is 9.54. The zero-order valence-electron chi connectivity index (χ0n) is 7.27. The average Bonchev–Trinajstić information content (AvgIpc) is 2.39. The number of carboxylic acids is 1. The van der Waals surface area contributed by atoms with Crippen molar-refractivity contribution >= 4 is 23.6 Å². The Hall–Kier alpha value is -1.01. The Balaban J connectivity index is 2.28. The van der Waals surface area contributed by atoms with Crippen molar-refractivity contribution in [3.8, 4) is 0 Å². The molecule has 0 aromatic rings. The molecule has 1 saturated heterocycles. The summed E-state index contributed by atoms with van der Waals surface area (Å²) < 4.78 is 0. The second-order valence-corrected chi connectivity index (χ2v) is 4.36. The van der Waals surface area contributed by atoms with Crippen molar-refractivity contribution in [3.05, 3.63) is 10.6 Å². The van der Waals surface area contributed by atoms with E-state index >= 15 is 0 Å². The first-order valence-corrected chi connectivity index (χ1v) is 5.09. The molecule has 0 aromatic heterocycles. The fraction of sp³-hybridized carbons (Fsp3) is 0.500. The first-order chi connectivity index (χ1) is 6.65. The highest BCUT2D eigenvalue weighted by molar-refractivity contribution is 8.04. The quantitative estimate of drug-likeness (QED) is 0.646. The monoisotopic (exact) mass is 215 g/mol. The molecule has 0 saturated carbocycles. The Morgan fingerprint density at radius 2 is 2.36 bits per heavy atom. The van der Waals surface area contributed by atoms with Crippen molar-refractivity contribution in [2.45, 2.75) is 18.2 Å². The maximum Gasteiger partial charge on any atom is 0.353 e. The van der Waals surface area contributed by atoms with Crippen molar-refractivity contribution in [3.63, 3.8) is 0 Å².